The van der Waals surface area contributed by atoms with E-state index in [1.165, 1.54) is 19.3 Å². The maximum Gasteiger partial charge on any atom is 0.293 e. The number of hydrogen-bond acceptors (Lipinski definition) is 7. The standard InChI is InChI=1S/C16H23N5O.C4H8O2/c1-11-15(22-12-6-4-3-5-7-12)10-18-16(20-11)13-9-19-21(2)14(13)8-17;1-4(2)6-3-5/h9-10,12H,3-8,17H2,1-2H3;3-4H,1-2H3. The summed E-state index contributed by atoms with van der Waals surface area (Å²) in [6, 6.07) is 0. The van der Waals surface area contributed by atoms with E-state index in [1.54, 1.807) is 30.9 Å². The number of ether oxygens (including phenoxy) is 2. The van der Waals surface area contributed by atoms with Gasteiger partial charge in [0.1, 0.15) is 0 Å². The van der Waals surface area contributed by atoms with E-state index in [9.17, 15) is 4.79 Å². The molecule has 2 N–H and O–H groups in total. The maximum absolute atomic E-state index is 9.39. The van der Waals surface area contributed by atoms with Crippen LogP contribution in [0.2, 0.25) is 0 Å². The van der Waals surface area contributed by atoms with Gasteiger partial charge < -0.3 is 15.2 Å². The molecule has 0 unspecified atom stereocenters. The van der Waals surface area contributed by atoms with Gasteiger partial charge >= 0.3 is 0 Å². The third-order valence-electron chi connectivity index (χ3n) is 4.60. The quantitative estimate of drug-likeness (QED) is 0.757. The van der Waals surface area contributed by atoms with E-state index in [-0.39, 0.29) is 6.10 Å². The van der Waals surface area contributed by atoms with E-state index >= 15 is 0 Å². The molecular formula is C20H31N5O3. The molecule has 3 rings (SSSR count). The molecule has 0 aromatic carbocycles. The lowest BCUT2D eigenvalue weighted by Crippen LogP contribution is -2.20. The predicted molar refractivity (Wildman–Crippen MR) is 107 cm³/mol. The molecule has 1 saturated carbocycles. The Morgan fingerprint density at radius 1 is 1.29 bits per heavy atom. The van der Waals surface area contributed by atoms with Crippen LogP contribution in [0, 0.1) is 6.92 Å². The van der Waals surface area contributed by atoms with Gasteiger partial charge in [0.15, 0.2) is 11.6 Å². The summed E-state index contributed by atoms with van der Waals surface area (Å²) in [7, 11) is 1.87. The number of carbonyl (C=O) groups excluding carboxylic acids is 1. The lowest BCUT2D eigenvalue weighted by atomic mass is 9.98. The van der Waals surface area contributed by atoms with Crippen molar-refractivity contribution in [1.82, 2.24) is 19.7 Å². The van der Waals surface area contributed by atoms with Crippen LogP contribution in [0.3, 0.4) is 0 Å². The molecule has 0 spiro atoms. The van der Waals surface area contributed by atoms with Crippen molar-refractivity contribution in [3.05, 3.63) is 23.8 Å². The first-order valence-corrected chi connectivity index (χ1v) is 9.77. The van der Waals surface area contributed by atoms with Gasteiger partial charge in [0.05, 0.1) is 41.6 Å². The van der Waals surface area contributed by atoms with Gasteiger partial charge in [0.2, 0.25) is 0 Å². The molecule has 0 aliphatic heterocycles. The van der Waals surface area contributed by atoms with E-state index in [1.807, 2.05) is 14.0 Å². The fourth-order valence-electron chi connectivity index (χ4n) is 3.07. The lowest BCUT2D eigenvalue weighted by molar-refractivity contribution is -0.131. The van der Waals surface area contributed by atoms with Gasteiger partial charge in [-0.25, -0.2) is 9.97 Å². The first-order chi connectivity index (χ1) is 13.5. The van der Waals surface area contributed by atoms with Crippen LogP contribution in [-0.2, 0) is 23.1 Å². The summed E-state index contributed by atoms with van der Waals surface area (Å²) in [5.41, 5.74) is 8.46. The molecule has 1 aliphatic carbocycles. The van der Waals surface area contributed by atoms with Crippen molar-refractivity contribution in [1.29, 1.82) is 0 Å². The molecule has 2 aromatic rings. The lowest BCUT2D eigenvalue weighted by Gasteiger charge is -2.23. The number of nitrogens with two attached hydrogens (primary N) is 1. The molecule has 0 amide bonds. The van der Waals surface area contributed by atoms with E-state index in [0.717, 1.165) is 35.5 Å². The minimum Gasteiger partial charge on any atom is -0.487 e. The Morgan fingerprint density at radius 2 is 2.00 bits per heavy atom. The second-order valence-electron chi connectivity index (χ2n) is 7.13. The molecule has 1 fully saturated rings. The van der Waals surface area contributed by atoms with Crippen molar-refractivity contribution >= 4 is 6.47 Å². The van der Waals surface area contributed by atoms with Crippen LogP contribution in [0.5, 0.6) is 5.75 Å². The van der Waals surface area contributed by atoms with Gasteiger partial charge in [-0.15, -0.1) is 0 Å². The molecule has 2 aromatic heterocycles. The molecule has 0 bridgehead atoms. The van der Waals surface area contributed by atoms with Crippen LogP contribution in [0.4, 0.5) is 0 Å². The summed E-state index contributed by atoms with van der Waals surface area (Å²) in [5, 5.41) is 4.23. The normalized spacial score (nSPS) is 14.4. The number of aromatic nitrogens is 4. The van der Waals surface area contributed by atoms with Crippen molar-refractivity contribution in [3.8, 4) is 17.1 Å². The topological polar surface area (TPSA) is 105 Å². The Bertz CT molecular complexity index is 754. The Morgan fingerprint density at radius 3 is 2.54 bits per heavy atom. The van der Waals surface area contributed by atoms with Gasteiger partial charge in [-0.1, -0.05) is 6.42 Å². The van der Waals surface area contributed by atoms with Gasteiger partial charge in [-0.05, 0) is 46.5 Å². The fraction of sp³-hybridized carbons (Fsp3) is 0.600. The van der Waals surface area contributed by atoms with Crippen LogP contribution in [0.15, 0.2) is 12.4 Å². The van der Waals surface area contributed by atoms with Crippen molar-refractivity contribution in [2.75, 3.05) is 0 Å². The predicted octanol–water partition coefficient (Wildman–Crippen LogP) is 2.92. The Kier molecular flexibility index (Phi) is 8.38. The van der Waals surface area contributed by atoms with Crippen LogP contribution in [0.25, 0.3) is 11.4 Å². The first kappa shape index (κ1) is 21.8. The first-order valence-electron chi connectivity index (χ1n) is 9.77. The van der Waals surface area contributed by atoms with Crippen LogP contribution in [-0.4, -0.2) is 38.4 Å². The van der Waals surface area contributed by atoms with E-state index < -0.39 is 0 Å². The molecule has 154 valence electrons. The summed E-state index contributed by atoms with van der Waals surface area (Å²) < 4.78 is 12.2. The maximum atomic E-state index is 9.39. The zero-order chi connectivity index (χ0) is 20.5. The molecule has 8 heteroatoms. The second-order valence-corrected chi connectivity index (χ2v) is 7.13. The van der Waals surface area contributed by atoms with Gasteiger partial charge in [0.25, 0.3) is 6.47 Å². The van der Waals surface area contributed by atoms with Crippen LogP contribution in [0.1, 0.15) is 57.3 Å². The smallest absolute Gasteiger partial charge is 0.293 e. The molecular weight excluding hydrogens is 358 g/mol. The number of hydrogen-bond donors (Lipinski definition) is 1. The minimum absolute atomic E-state index is 0.0301. The summed E-state index contributed by atoms with van der Waals surface area (Å²) in [6.07, 6.45) is 9.94. The van der Waals surface area contributed by atoms with E-state index in [4.69, 9.17) is 10.5 Å². The minimum atomic E-state index is 0.0301. The molecule has 8 nitrogen and oxygen atoms in total. The molecule has 0 atom stereocenters. The monoisotopic (exact) mass is 389 g/mol. The van der Waals surface area contributed by atoms with Gasteiger partial charge in [-0.3, -0.25) is 9.48 Å². The zero-order valence-corrected chi connectivity index (χ0v) is 17.2. The zero-order valence-electron chi connectivity index (χ0n) is 17.2. The third-order valence-corrected chi connectivity index (χ3v) is 4.60. The molecule has 1 aliphatic rings. The van der Waals surface area contributed by atoms with Gasteiger partial charge in [-0.2, -0.15) is 5.10 Å². The number of carbonyl (C=O) groups is 1. The van der Waals surface area contributed by atoms with Crippen LogP contribution >= 0.6 is 0 Å². The van der Waals surface area contributed by atoms with Crippen molar-refractivity contribution in [2.45, 2.75) is 71.6 Å². The van der Waals surface area contributed by atoms with E-state index in [2.05, 4.69) is 19.8 Å². The Balaban J connectivity index is 0.000000409. The highest BCUT2D eigenvalue weighted by atomic mass is 16.5. The number of nitrogens with zero attached hydrogens (tertiary/aromatic N) is 4. The highest BCUT2D eigenvalue weighted by molar-refractivity contribution is 5.57. The summed E-state index contributed by atoms with van der Waals surface area (Å²) in [4.78, 5) is 18.4. The molecule has 0 radical (unpaired) electrons. The van der Waals surface area contributed by atoms with Crippen molar-refractivity contribution in [3.63, 3.8) is 0 Å². The molecule has 0 saturated heterocycles. The third kappa shape index (κ3) is 6.02. The average Bonchev–Trinajstić information content (AvgIpc) is 3.05. The fourth-order valence-corrected chi connectivity index (χ4v) is 3.07. The molecule has 28 heavy (non-hydrogen) atoms. The number of rotatable bonds is 6. The Labute approximate surface area is 166 Å². The summed E-state index contributed by atoms with van der Waals surface area (Å²) in [6.45, 7) is 6.42. The van der Waals surface area contributed by atoms with Gasteiger partial charge in [0, 0.05) is 13.6 Å². The highest BCUT2D eigenvalue weighted by Gasteiger charge is 2.18. The number of aryl methyl sites for hydroxylation is 2. The van der Waals surface area contributed by atoms with Crippen LogP contribution < -0.4 is 10.5 Å². The largest absolute Gasteiger partial charge is 0.487 e. The SMILES string of the molecule is CC(C)OC=O.Cc1nc(-c2cnn(C)c2CN)ncc1OC1CCCCC1. The average molecular weight is 390 g/mol. The summed E-state index contributed by atoms with van der Waals surface area (Å²) >= 11 is 0. The second kappa shape index (κ2) is 10.8. The van der Waals surface area contributed by atoms with Crippen molar-refractivity contribution in [2.24, 2.45) is 12.8 Å². The molecule has 2 heterocycles. The summed E-state index contributed by atoms with van der Waals surface area (Å²) in [5.74, 6) is 1.44. The Hall–Kier alpha value is -2.48. The highest BCUT2D eigenvalue weighted by Crippen LogP contribution is 2.26. The van der Waals surface area contributed by atoms with E-state index in [0.29, 0.717) is 24.9 Å². The van der Waals surface area contributed by atoms with Crippen molar-refractivity contribution < 1.29 is 14.3 Å².